The van der Waals surface area contributed by atoms with Crippen LogP contribution in [0.5, 0.6) is 0 Å². The molecule has 0 spiro atoms. The van der Waals surface area contributed by atoms with Crippen molar-refractivity contribution in [2.24, 2.45) is 0 Å². The number of rotatable bonds is 6. The third-order valence-corrected chi connectivity index (χ3v) is 5.03. The molecule has 0 amide bonds. The fraction of sp³-hybridized carbons (Fsp3) is 0.545. The molecule has 0 saturated carbocycles. The molecule has 7 heteroatoms. The molecule has 18 heavy (non-hydrogen) atoms. The molecule has 0 aliphatic heterocycles. The molecule has 1 unspecified atom stereocenters. The minimum atomic E-state index is -3.58. The molecule has 0 saturated heterocycles. The molecule has 1 aromatic heterocycles. The van der Waals surface area contributed by atoms with Gasteiger partial charge in [-0.2, -0.15) is 0 Å². The summed E-state index contributed by atoms with van der Waals surface area (Å²) in [6, 6.07) is 1.52. The number of pyridine rings is 1. The molecule has 0 fully saturated rings. The Morgan fingerprint density at radius 3 is 2.67 bits per heavy atom. The van der Waals surface area contributed by atoms with Crippen molar-refractivity contribution in [1.82, 2.24) is 9.71 Å². The van der Waals surface area contributed by atoms with Crippen molar-refractivity contribution in [2.75, 3.05) is 5.88 Å². The Kier molecular flexibility index (Phi) is 5.58. The molecule has 0 aliphatic carbocycles. The second-order valence-electron chi connectivity index (χ2n) is 4.30. The van der Waals surface area contributed by atoms with Crippen LogP contribution >= 0.6 is 27.5 Å². The highest BCUT2D eigenvalue weighted by Crippen LogP contribution is 2.21. The zero-order valence-electron chi connectivity index (χ0n) is 10.3. The highest BCUT2D eigenvalue weighted by atomic mass is 79.9. The van der Waals surface area contributed by atoms with Crippen molar-refractivity contribution in [3.05, 3.63) is 22.9 Å². The predicted molar refractivity (Wildman–Crippen MR) is 76.3 cm³/mol. The monoisotopic (exact) mass is 354 g/mol. The van der Waals surface area contributed by atoms with E-state index in [4.69, 9.17) is 11.6 Å². The van der Waals surface area contributed by atoms with Crippen LogP contribution in [0.15, 0.2) is 27.8 Å². The number of hydrogen-bond acceptors (Lipinski definition) is 3. The molecule has 0 bridgehead atoms. The lowest BCUT2D eigenvalue weighted by molar-refractivity contribution is 0.390. The van der Waals surface area contributed by atoms with Gasteiger partial charge in [-0.25, -0.2) is 13.1 Å². The number of sulfonamides is 1. The standard InChI is InChI=1S/C11H16BrClN2O2S/c1-3-11(2,4-5-13)15-18(16,17)10-6-9(12)7-14-8-10/h6-8,15H,3-5H2,1-2H3. The summed E-state index contributed by atoms with van der Waals surface area (Å²) < 4.78 is 27.8. The van der Waals surface area contributed by atoms with Crippen molar-refractivity contribution >= 4 is 37.6 Å². The SMILES string of the molecule is CCC(C)(CCCl)NS(=O)(=O)c1cncc(Br)c1. The average molecular weight is 356 g/mol. The van der Waals surface area contributed by atoms with Crippen LogP contribution in [0.2, 0.25) is 0 Å². The molecule has 1 N–H and O–H groups in total. The van der Waals surface area contributed by atoms with Gasteiger partial charge in [-0.1, -0.05) is 6.92 Å². The van der Waals surface area contributed by atoms with E-state index >= 15 is 0 Å². The molecular formula is C11H16BrClN2O2S. The van der Waals surface area contributed by atoms with E-state index in [0.717, 1.165) is 0 Å². The average Bonchev–Trinajstić information content (AvgIpc) is 2.28. The molecule has 1 rings (SSSR count). The van der Waals surface area contributed by atoms with Crippen molar-refractivity contribution in [3.63, 3.8) is 0 Å². The maximum Gasteiger partial charge on any atom is 0.242 e. The quantitative estimate of drug-likeness (QED) is 0.798. The van der Waals surface area contributed by atoms with Crippen LogP contribution in [0.1, 0.15) is 26.7 Å². The van der Waals surface area contributed by atoms with Crippen LogP contribution in [-0.4, -0.2) is 24.8 Å². The lowest BCUT2D eigenvalue weighted by atomic mass is 9.97. The molecule has 0 radical (unpaired) electrons. The molecular weight excluding hydrogens is 340 g/mol. The summed E-state index contributed by atoms with van der Waals surface area (Å²) in [4.78, 5) is 4.00. The number of nitrogens with one attached hydrogen (secondary N) is 1. The Bertz CT molecular complexity index is 510. The molecule has 0 aliphatic rings. The smallest absolute Gasteiger partial charge is 0.242 e. The zero-order valence-corrected chi connectivity index (χ0v) is 13.4. The van der Waals surface area contributed by atoms with Crippen LogP contribution in [0.3, 0.4) is 0 Å². The van der Waals surface area contributed by atoms with Gasteiger partial charge in [0.15, 0.2) is 0 Å². The van der Waals surface area contributed by atoms with Gasteiger partial charge in [-0.05, 0) is 41.8 Å². The first-order valence-corrected chi connectivity index (χ1v) is 8.34. The molecule has 1 heterocycles. The van der Waals surface area contributed by atoms with E-state index in [0.29, 0.717) is 23.2 Å². The summed E-state index contributed by atoms with van der Waals surface area (Å²) in [6.07, 6.45) is 4.10. The minimum Gasteiger partial charge on any atom is -0.262 e. The Labute approximate surface area is 121 Å². The number of halogens is 2. The lowest BCUT2D eigenvalue weighted by Gasteiger charge is -2.28. The van der Waals surface area contributed by atoms with Crippen LogP contribution in [0.25, 0.3) is 0 Å². The minimum absolute atomic E-state index is 0.145. The number of hydrogen-bond donors (Lipinski definition) is 1. The van der Waals surface area contributed by atoms with E-state index in [1.54, 1.807) is 0 Å². The summed E-state index contributed by atoms with van der Waals surface area (Å²) in [7, 11) is -3.58. The number of nitrogens with zero attached hydrogens (tertiary/aromatic N) is 1. The Morgan fingerprint density at radius 2 is 2.17 bits per heavy atom. The first-order chi connectivity index (χ1) is 8.33. The predicted octanol–water partition coefficient (Wildman–Crippen LogP) is 2.92. The third-order valence-electron chi connectivity index (χ3n) is 2.80. The van der Waals surface area contributed by atoms with E-state index in [1.165, 1.54) is 18.5 Å². The summed E-state index contributed by atoms with van der Waals surface area (Å²) in [5.74, 6) is 0.406. The van der Waals surface area contributed by atoms with Crippen molar-refractivity contribution in [2.45, 2.75) is 37.1 Å². The third kappa shape index (κ3) is 4.19. The van der Waals surface area contributed by atoms with Gasteiger partial charge >= 0.3 is 0 Å². The van der Waals surface area contributed by atoms with Gasteiger partial charge in [0.05, 0.1) is 0 Å². The van der Waals surface area contributed by atoms with E-state index in [1.807, 2.05) is 13.8 Å². The summed E-state index contributed by atoms with van der Waals surface area (Å²) >= 11 is 8.92. The van der Waals surface area contributed by atoms with Gasteiger partial charge in [0.2, 0.25) is 10.0 Å². The maximum atomic E-state index is 12.2. The summed E-state index contributed by atoms with van der Waals surface area (Å²) in [5.41, 5.74) is -0.539. The topological polar surface area (TPSA) is 59.1 Å². The molecule has 102 valence electrons. The van der Waals surface area contributed by atoms with E-state index in [9.17, 15) is 8.42 Å². The van der Waals surface area contributed by atoms with E-state index < -0.39 is 15.6 Å². The van der Waals surface area contributed by atoms with E-state index in [-0.39, 0.29) is 4.90 Å². The van der Waals surface area contributed by atoms with Crippen molar-refractivity contribution < 1.29 is 8.42 Å². The first kappa shape index (κ1) is 15.9. The first-order valence-electron chi connectivity index (χ1n) is 5.53. The van der Waals surface area contributed by atoms with Gasteiger partial charge in [-0.3, -0.25) is 4.98 Å². The number of alkyl halides is 1. The summed E-state index contributed by atoms with van der Waals surface area (Å²) in [5, 5.41) is 0. The fourth-order valence-corrected chi connectivity index (χ4v) is 3.86. The van der Waals surface area contributed by atoms with Crippen LogP contribution < -0.4 is 4.72 Å². The second-order valence-corrected chi connectivity index (χ2v) is 7.27. The molecule has 1 atom stereocenters. The van der Waals surface area contributed by atoms with Crippen molar-refractivity contribution in [1.29, 1.82) is 0 Å². The van der Waals surface area contributed by atoms with E-state index in [2.05, 4.69) is 25.6 Å². The number of aromatic nitrogens is 1. The van der Waals surface area contributed by atoms with Gasteiger partial charge in [-0.15, -0.1) is 11.6 Å². The molecule has 0 aromatic carbocycles. The largest absolute Gasteiger partial charge is 0.262 e. The maximum absolute atomic E-state index is 12.2. The Balaban J connectivity index is 3.01. The van der Waals surface area contributed by atoms with Crippen molar-refractivity contribution in [3.8, 4) is 0 Å². The van der Waals surface area contributed by atoms with Gasteiger partial charge < -0.3 is 0 Å². The van der Waals surface area contributed by atoms with Crippen LogP contribution in [0.4, 0.5) is 0 Å². The zero-order chi connectivity index (χ0) is 13.8. The van der Waals surface area contributed by atoms with Gasteiger partial charge in [0.1, 0.15) is 4.90 Å². The highest BCUT2D eigenvalue weighted by Gasteiger charge is 2.28. The lowest BCUT2D eigenvalue weighted by Crippen LogP contribution is -2.45. The fourth-order valence-electron chi connectivity index (χ4n) is 1.43. The molecule has 1 aromatic rings. The van der Waals surface area contributed by atoms with Gasteiger partial charge in [0, 0.05) is 28.3 Å². The Morgan fingerprint density at radius 1 is 1.50 bits per heavy atom. The second kappa shape index (κ2) is 6.32. The highest BCUT2D eigenvalue weighted by molar-refractivity contribution is 9.10. The van der Waals surface area contributed by atoms with Gasteiger partial charge in [0.25, 0.3) is 0 Å². The molecule has 4 nitrogen and oxygen atoms in total. The normalized spacial score (nSPS) is 15.3. The van der Waals surface area contributed by atoms with Crippen LogP contribution in [0, 0.1) is 0 Å². The summed E-state index contributed by atoms with van der Waals surface area (Å²) in [6.45, 7) is 3.77. The van der Waals surface area contributed by atoms with Crippen LogP contribution in [-0.2, 0) is 10.0 Å². The Hall–Kier alpha value is -0.170.